The van der Waals surface area contributed by atoms with Gasteiger partial charge in [0.2, 0.25) is 0 Å². The Balaban J connectivity index is 0.000000151. The highest BCUT2D eigenvalue weighted by atomic mass is 16.5. The molecule has 2 heteroatoms. The summed E-state index contributed by atoms with van der Waals surface area (Å²) >= 11 is 0. The SMILES string of the molecule is CC(C)C1CCOC1.CC(C)C1COC1. The van der Waals surface area contributed by atoms with Crippen LogP contribution >= 0.6 is 0 Å². The van der Waals surface area contributed by atoms with Gasteiger partial charge in [-0.1, -0.05) is 27.7 Å². The third-order valence-electron chi connectivity index (χ3n) is 3.51. The minimum Gasteiger partial charge on any atom is -0.381 e. The van der Waals surface area contributed by atoms with Gasteiger partial charge >= 0.3 is 0 Å². The average molecular weight is 214 g/mol. The van der Waals surface area contributed by atoms with Gasteiger partial charge in [0, 0.05) is 19.1 Å². The predicted molar refractivity (Wildman–Crippen MR) is 62.9 cm³/mol. The van der Waals surface area contributed by atoms with Crippen molar-refractivity contribution in [1.82, 2.24) is 0 Å². The Morgan fingerprint density at radius 3 is 1.47 bits per heavy atom. The van der Waals surface area contributed by atoms with Crippen molar-refractivity contribution in [1.29, 1.82) is 0 Å². The monoisotopic (exact) mass is 214 g/mol. The molecule has 0 bridgehead atoms. The van der Waals surface area contributed by atoms with Gasteiger partial charge in [0.05, 0.1) is 13.2 Å². The molecular formula is C13H26O2. The summed E-state index contributed by atoms with van der Waals surface area (Å²) in [6.07, 6.45) is 1.28. The molecule has 0 aromatic heterocycles. The van der Waals surface area contributed by atoms with Crippen LogP contribution in [0.4, 0.5) is 0 Å². The van der Waals surface area contributed by atoms with Crippen LogP contribution in [0.3, 0.4) is 0 Å². The first-order valence-corrected chi connectivity index (χ1v) is 6.26. The van der Waals surface area contributed by atoms with Crippen LogP contribution < -0.4 is 0 Å². The standard InChI is InChI=1S/C7H14O.C6H12O/c1-6(2)7-3-4-8-5-7;1-5(2)6-3-7-4-6/h6-7H,3-5H2,1-2H3;5-6H,3-4H2,1-2H3. The smallest absolute Gasteiger partial charge is 0.0518 e. The predicted octanol–water partition coefficient (Wildman–Crippen LogP) is 2.97. The van der Waals surface area contributed by atoms with E-state index in [9.17, 15) is 0 Å². The first kappa shape index (κ1) is 13.0. The molecular weight excluding hydrogens is 188 g/mol. The highest BCUT2D eigenvalue weighted by Crippen LogP contribution is 2.20. The van der Waals surface area contributed by atoms with E-state index in [1.165, 1.54) is 6.42 Å². The van der Waals surface area contributed by atoms with Gasteiger partial charge in [-0.05, 0) is 24.2 Å². The van der Waals surface area contributed by atoms with Crippen LogP contribution in [0.5, 0.6) is 0 Å². The molecule has 2 aliphatic rings. The van der Waals surface area contributed by atoms with E-state index in [0.717, 1.165) is 50.1 Å². The van der Waals surface area contributed by atoms with E-state index >= 15 is 0 Å². The molecule has 2 heterocycles. The van der Waals surface area contributed by atoms with Gasteiger partial charge in [0.25, 0.3) is 0 Å². The summed E-state index contributed by atoms with van der Waals surface area (Å²) < 4.78 is 10.2. The molecule has 15 heavy (non-hydrogen) atoms. The fourth-order valence-corrected chi connectivity index (χ4v) is 1.72. The van der Waals surface area contributed by atoms with Gasteiger partial charge in [0.15, 0.2) is 0 Å². The van der Waals surface area contributed by atoms with E-state index in [0.29, 0.717) is 0 Å². The highest BCUT2D eigenvalue weighted by Gasteiger charge is 2.21. The molecule has 1 unspecified atom stereocenters. The van der Waals surface area contributed by atoms with Gasteiger partial charge in [-0.15, -0.1) is 0 Å². The Bertz CT molecular complexity index is 156. The van der Waals surface area contributed by atoms with E-state index in [-0.39, 0.29) is 0 Å². The first-order valence-electron chi connectivity index (χ1n) is 6.26. The number of rotatable bonds is 2. The molecule has 0 aromatic carbocycles. The number of hydrogen-bond donors (Lipinski definition) is 0. The topological polar surface area (TPSA) is 18.5 Å². The maximum Gasteiger partial charge on any atom is 0.0518 e. The minimum atomic E-state index is 0.817. The molecule has 0 N–H and O–H groups in total. The molecule has 0 radical (unpaired) electrons. The summed E-state index contributed by atoms with van der Waals surface area (Å²) in [6, 6.07) is 0. The Labute approximate surface area is 94.3 Å². The molecule has 2 rings (SSSR count). The van der Waals surface area contributed by atoms with Crippen LogP contribution in [0.15, 0.2) is 0 Å². The summed E-state index contributed by atoms with van der Waals surface area (Å²) in [4.78, 5) is 0. The van der Waals surface area contributed by atoms with Crippen molar-refractivity contribution in [3.8, 4) is 0 Å². The van der Waals surface area contributed by atoms with Crippen LogP contribution in [0.2, 0.25) is 0 Å². The molecule has 0 aliphatic carbocycles. The van der Waals surface area contributed by atoms with Crippen molar-refractivity contribution in [2.75, 3.05) is 26.4 Å². The van der Waals surface area contributed by atoms with E-state index in [2.05, 4.69) is 27.7 Å². The average Bonchev–Trinajstić information content (AvgIpc) is 2.51. The minimum absolute atomic E-state index is 0.817. The van der Waals surface area contributed by atoms with E-state index in [1.54, 1.807) is 0 Å². The van der Waals surface area contributed by atoms with E-state index < -0.39 is 0 Å². The molecule has 0 spiro atoms. The second kappa shape index (κ2) is 6.49. The fraction of sp³-hybridized carbons (Fsp3) is 1.00. The van der Waals surface area contributed by atoms with Gasteiger partial charge in [0.1, 0.15) is 0 Å². The second-order valence-corrected chi connectivity index (χ2v) is 5.41. The molecule has 2 aliphatic heterocycles. The molecule has 2 nitrogen and oxygen atoms in total. The Hall–Kier alpha value is -0.0800. The lowest BCUT2D eigenvalue weighted by Crippen LogP contribution is -2.31. The van der Waals surface area contributed by atoms with E-state index in [1.807, 2.05) is 0 Å². The van der Waals surface area contributed by atoms with Crippen LogP contribution in [0.1, 0.15) is 34.1 Å². The third kappa shape index (κ3) is 4.52. The van der Waals surface area contributed by atoms with Crippen molar-refractivity contribution in [2.45, 2.75) is 34.1 Å². The maximum absolute atomic E-state index is 5.22. The third-order valence-corrected chi connectivity index (χ3v) is 3.51. The zero-order chi connectivity index (χ0) is 11.3. The van der Waals surface area contributed by atoms with Gasteiger partial charge < -0.3 is 9.47 Å². The van der Waals surface area contributed by atoms with Crippen molar-refractivity contribution >= 4 is 0 Å². The van der Waals surface area contributed by atoms with Gasteiger partial charge in [-0.3, -0.25) is 0 Å². The van der Waals surface area contributed by atoms with Crippen LogP contribution in [0, 0.1) is 23.7 Å². The van der Waals surface area contributed by atoms with Crippen molar-refractivity contribution in [3.63, 3.8) is 0 Å². The van der Waals surface area contributed by atoms with Crippen LogP contribution in [-0.4, -0.2) is 26.4 Å². The fourth-order valence-electron chi connectivity index (χ4n) is 1.72. The quantitative estimate of drug-likeness (QED) is 0.703. The zero-order valence-corrected chi connectivity index (χ0v) is 10.7. The number of hydrogen-bond acceptors (Lipinski definition) is 2. The highest BCUT2D eigenvalue weighted by molar-refractivity contribution is 4.67. The molecule has 90 valence electrons. The lowest BCUT2D eigenvalue weighted by Gasteiger charge is -2.29. The summed E-state index contributed by atoms with van der Waals surface area (Å²) in [7, 11) is 0. The zero-order valence-electron chi connectivity index (χ0n) is 10.7. The van der Waals surface area contributed by atoms with Crippen molar-refractivity contribution < 1.29 is 9.47 Å². The summed E-state index contributed by atoms with van der Waals surface area (Å²) in [5.41, 5.74) is 0. The molecule has 1 atom stereocenters. The summed E-state index contributed by atoms with van der Waals surface area (Å²) in [6.45, 7) is 13.0. The van der Waals surface area contributed by atoms with Crippen LogP contribution in [-0.2, 0) is 9.47 Å². The summed E-state index contributed by atoms with van der Waals surface area (Å²) in [5.74, 6) is 3.35. The first-order chi connectivity index (χ1) is 7.11. The van der Waals surface area contributed by atoms with E-state index in [4.69, 9.17) is 9.47 Å². The van der Waals surface area contributed by atoms with Gasteiger partial charge in [-0.25, -0.2) is 0 Å². The van der Waals surface area contributed by atoms with Crippen molar-refractivity contribution in [2.24, 2.45) is 23.7 Å². The lowest BCUT2D eigenvalue weighted by molar-refractivity contribution is -0.0534. The Morgan fingerprint density at radius 2 is 1.33 bits per heavy atom. The van der Waals surface area contributed by atoms with Crippen molar-refractivity contribution in [3.05, 3.63) is 0 Å². The maximum atomic E-state index is 5.22. The summed E-state index contributed by atoms with van der Waals surface area (Å²) in [5, 5.41) is 0. The molecule has 0 amide bonds. The van der Waals surface area contributed by atoms with Gasteiger partial charge in [-0.2, -0.15) is 0 Å². The molecule has 2 saturated heterocycles. The normalized spacial score (nSPS) is 26.4. The molecule has 0 saturated carbocycles. The lowest BCUT2D eigenvalue weighted by atomic mass is 9.95. The number of ether oxygens (including phenoxy) is 2. The Morgan fingerprint density at radius 1 is 0.800 bits per heavy atom. The largest absolute Gasteiger partial charge is 0.381 e. The van der Waals surface area contributed by atoms with Crippen LogP contribution in [0.25, 0.3) is 0 Å². The second-order valence-electron chi connectivity index (χ2n) is 5.41. The molecule has 2 fully saturated rings. The Kier molecular flexibility index (Phi) is 5.62. The molecule has 0 aromatic rings.